The van der Waals surface area contributed by atoms with E-state index in [1.807, 2.05) is 6.92 Å². The maximum Gasteiger partial charge on any atom is 0.253 e. The summed E-state index contributed by atoms with van der Waals surface area (Å²) >= 11 is 0. The van der Waals surface area contributed by atoms with E-state index in [0.717, 1.165) is 12.1 Å². The fourth-order valence-electron chi connectivity index (χ4n) is 1.35. The average Bonchev–Trinajstić information content (AvgIpc) is 2.82. The maximum absolute atomic E-state index is 11.7. The molecule has 1 aliphatic rings. The molecule has 1 saturated carbocycles. The number of nitrogens with zero attached hydrogens (tertiary/aromatic N) is 1. The standard InChI is InChI=1S/C10H13N3O/c1-6-7(3-2-4-12-6)10(14)13-9-5-8(9)11/h2-4,8-9H,5,11H2,1H3,(H,13,14). The molecule has 0 spiro atoms. The van der Waals surface area contributed by atoms with Crippen LogP contribution in [0.1, 0.15) is 22.5 Å². The summed E-state index contributed by atoms with van der Waals surface area (Å²) in [6.45, 7) is 1.82. The van der Waals surface area contributed by atoms with Gasteiger partial charge in [-0.25, -0.2) is 0 Å². The molecular formula is C10H13N3O. The first-order valence-corrected chi connectivity index (χ1v) is 4.66. The molecule has 1 heterocycles. The van der Waals surface area contributed by atoms with E-state index in [0.29, 0.717) is 5.56 Å². The van der Waals surface area contributed by atoms with E-state index >= 15 is 0 Å². The molecule has 4 heteroatoms. The highest BCUT2D eigenvalue weighted by atomic mass is 16.1. The molecule has 2 unspecified atom stereocenters. The summed E-state index contributed by atoms with van der Waals surface area (Å²) in [6, 6.07) is 3.82. The van der Waals surface area contributed by atoms with Gasteiger partial charge >= 0.3 is 0 Å². The lowest BCUT2D eigenvalue weighted by Crippen LogP contribution is -2.30. The van der Waals surface area contributed by atoms with Gasteiger partial charge in [-0.2, -0.15) is 0 Å². The summed E-state index contributed by atoms with van der Waals surface area (Å²) in [4.78, 5) is 15.7. The molecule has 0 aliphatic heterocycles. The molecule has 3 N–H and O–H groups in total. The highest BCUT2D eigenvalue weighted by Crippen LogP contribution is 2.18. The van der Waals surface area contributed by atoms with Gasteiger partial charge in [0.25, 0.3) is 5.91 Å². The molecular weight excluding hydrogens is 178 g/mol. The Morgan fingerprint density at radius 1 is 1.71 bits per heavy atom. The quantitative estimate of drug-likeness (QED) is 0.702. The molecule has 2 atom stereocenters. The van der Waals surface area contributed by atoms with E-state index in [4.69, 9.17) is 5.73 Å². The predicted octanol–water partition coefficient (Wildman–Crippen LogP) is 0.219. The molecule has 1 aliphatic carbocycles. The molecule has 1 aromatic rings. The predicted molar refractivity (Wildman–Crippen MR) is 52.8 cm³/mol. The normalized spacial score (nSPS) is 24.4. The van der Waals surface area contributed by atoms with Crippen molar-refractivity contribution in [3.63, 3.8) is 0 Å². The largest absolute Gasteiger partial charge is 0.348 e. The average molecular weight is 191 g/mol. The Kier molecular flexibility index (Phi) is 2.21. The summed E-state index contributed by atoms with van der Waals surface area (Å²) in [5.41, 5.74) is 6.98. The first kappa shape index (κ1) is 9.15. The molecule has 14 heavy (non-hydrogen) atoms. The van der Waals surface area contributed by atoms with Gasteiger partial charge in [0.05, 0.1) is 5.56 Å². The van der Waals surface area contributed by atoms with E-state index in [1.165, 1.54) is 0 Å². The van der Waals surface area contributed by atoms with Gasteiger partial charge in [0.15, 0.2) is 0 Å². The van der Waals surface area contributed by atoms with Crippen LogP contribution in [0.2, 0.25) is 0 Å². The molecule has 0 bridgehead atoms. The van der Waals surface area contributed by atoms with Gasteiger partial charge < -0.3 is 11.1 Å². The van der Waals surface area contributed by atoms with Crippen LogP contribution in [-0.4, -0.2) is 23.0 Å². The topological polar surface area (TPSA) is 68.0 Å². The minimum atomic E-state index is -0.0754. The number of nitrogens with two attached hydrogens (primary N) is 1. The summed E-state index contributed by atoms with van der Waals surface area (Å²) in [7, 11) is 0. The van der Waals surface area contributed by atoms with Gasteiger partial charge in [0.1, 0.15) is 0 Å². The lowest BCUT2D eigenvalue weighted by Gasteiger charge is -2.05. The molecule has 0 aromatic carbocycles. The minimum absolute atomic E-state index is 0.0754. The second kappa shape index (κ2) is 3.38. The first-order chi connectivity index (χ1) is 6.68. The van der Waals surface area contributed by atoms with Crippen LogP contribution in [0.15, 0.2) is 18.3 Å². The monoisotopic (exact) mass is 191 g/mol. The number of carbonyl (C=O) groups is 1. The summed E-state index contributed by atoms with van der Waals surface area (Å²) < 4.78 is 0. The molecule has 1 amide bonds. The van der Waals surface area contributed by atoms with Crippen molar-refractivity contribution in [1.29, 1.82) is 0 Å². The van der Waals surface area contributed by atoms with Crippen molar-refractivity contribution in [2.24, 2.45) is 5.73 Å². The number of amides is 1. The second-order valence-corrected chi connectivity index (χ2v) is 3.62. The number of nitrogens with one attached hydrogen (secondary N) is 1. The van der Waals surface area contributed by atoms with Gasteiger partial charge in [0.2, 0.25) is 0 Å². The summed E-state index contributed by atoms with van der Waals surface area (Å²) in [5, 5.41) is 2.86. The van der Waals surface area contributed by atoms with Crippen molar-refractivity contribution in [1.82, 2.24) is 10.3 Å². The Labute approximate surface area is 82.5 Å². The fraction of sp³-hybridized carbons (Fsp3) is 0.400. The number of aryl methyl sites for hydroxylation is 1. The van der Waals surface area contributed by atoms with Crippen LogP contribution in [0.5, 0.6) is 0 Å². The van der Waals surface area contributed by atoms with E-state index in [1.54, 1.807) is 18.3 Å². The van der Waals surface area contributed by atoms with Crippen molar-refractivity contribution >= 4 is 5.91 Å². The second-order valence-electron chi connectivity index (χ2n) is 3.62. The van der Waals surface area contributed by atoms with Crippen molar-refractivity contribution in [3.8, 4) is 0 Å². The summed E-state index contributed by atoms with van der Waals surface area (Å²) in [5.74, 6) is -0.0754. The third kappa shape index (κ3) is 1.75. The third-order valence-electron chi connectivity index (χ3n) is 2.41. The minimum Gasteiger partial charge on any atom is -0.348 e. The smallest absolute Gasteiger partial charge is 0.253 e. The SMILES string of the molecule is Cc1ncccc1C(=O)NC1CC1N. The van der Waals surface area contributed by atoms with Gasteiger partial charge in [-0.15, -0.1) is 0 Å². The van der Waals surface area contributed by atoms with Crippen molar-refractivity contribution in [2.45, 2.75) is 25.4 Å². The highest BCUT2D eigenvalue weighted by molar-refractivity contribution is 5.95. The Hall–Kier alpha value is -1.42. The molecule has 74 valence electrons. The first-order valence-electron chi connectivity index (χ1n) is 4.66. The third-order valence-corrected chi connectivity index (χ3v) is 2.41. The van der Waals surface area contributed by atoms with Gasteiger partial charge in [-0.05, 0) is 25.5 Å². The van der Waals surface area contributed by atoms with Gasteiger partial charge in [-0.3, -0.25) is 9.78 Å². The van der Waals surface area contributed by atoms with Crippen LogP contribution >= 0.6 is 0 Å². The van der Waals surface area contributed by atoms with Crippen molar-refractivity contribution in [2.75, 3.05) is 0 Å². The number of rotatable bonds is 2. The number of carbonyl (C=O) groups excluding carboxylic acids is 1. The Balaban J connectivity index is 2.07. The molecule has 1 aromatic heterocycles. The summed E-state index contributed by atoms with van der Waals surface area (Å²) in [6.07, 6.45) is 2.56. The fourth-order valence-corrected chi connectivity index (χ4v) is 1.35. The van der Waals surface area contributed by atoms with Crippen molar-refractivity contribution < 1.29 is 4.79 Å². The van der Waals surface area contributed by atoms with Crippen LogP contribution in [0, 0.1) is 6.92 Å². The van der Waals surface area contributed by atoms with Gasteiger partial charge in [0, 0.05) is 24.0 Å². The highest BCUT2D eigenvalue weighted by Gasteiger charge is 2.35. The lowest BCUT2D eigenvalue weighted by atomic mass is 10.2. The van der Waals surface area contributed by atoms with Gasteiger partial charge in [-0.1, -0.05) is 0 Å². The molecule has 4 nitrogen and oxygen atoms in total. The Morgan fingerprint density at radius 2 is 2.43 bits per heavy atom. The van der Waals surface area contributed by atoms with E-state index < -0.39 is 0 Å². The number of hydrogen-bond donors (Lipinski definition) is 2. The molecule has 0 radical (unpaired) electrons. The van der Waals surface area contributed by atoms with Crippen molar-refractivity contribution in [3.05, 3.63) is 29.6 Å². The lowest BCUT2D eigenvalue weighted by molar-refractivity contribution is 0.0949. The Bertz CT molecular complexity index is 364. The molecule has 0 saturated heterocycles. The maximum atomic E-state index is 11.7. The molecule has 1 fully saturated rings. The Morgan fingerprint density at radius 3 is 3.00 bits per heavy atom. The van der Waals surface area contributed by atoms with Crippen LogP contribution in [0.4, 0.5) is 0 Å². The van der Waals surface area contributed by atoms with Crippen LogP contribution < -0.4 is 11.1 Å². The zero-order valence-electron chi connectivity index (χ0n) is 8.03. The van der Waals surface area contributed by atoms with Crippen LogP contribution in [0.25, 0.3) is 0 Å². The van der Waals surface area contributed by atoms with E-state index in [-0.39, 0.29) is 18.0 Å². The van der Waals surface area contributed by atoms with Crippen LogP contribution in [0.3, 0.4) is 0 Å². The zero-order valence-corrected chi connectivity index (χ0v) is 8.03. The molecule has 2 rings (SSSR count). The number of pyridine rings is 1. The van der Waals surface area contributed by atoms with E-state index in [9.17, 15) is 4.79 Å². The van der Waals surface area contributed by atoms with Crippen LogP contribution in [-0.2, 0) is 0 Å². The zero-order chi connectivity index (χ0) is 10.1. The van der Waals surface area contributed by atoms with E-state index in [2.05, 4.69) is 10.3 Å². The number of aromatic nitrogens is 1. The number of hydrogen-bond acceptors (Lipinski definition) is 3.